The number of hydrogen-bond acceptors (Lipinski definition) is 4. The van der Waals surface area contributed by atoms with E-state index in [0.717, 1.165) is 51.5 Å². The van der Waals surface area contributed by atoms with E-state index in [1.54, 1.807) is 4.90 Å². The van der Waals surface area contributed by atoms with Crippen LogP contribution in [0, 0.1) is 5.41 Å². The van der Waals surface area contributed by atoms with Crippen molar-refractivity contribution in [2.24, 2.45) is 10.4 Å². The Morgan fingerprint density at radius 2 is 1.83 bits per heavy atom. The average molecular weight is 522 g/mol. The Bertz CT molecular complexity index is 546. The average Bonchev–Trinajstić information content (AvgIpc) is 2.73. The van der Waals surface area contributed by atoms with Crippen molar-refractivity contribution in [3.05, 3.63) is 0 Å². The number of halogens is 1. The van der Waals surface area contributed by atoms with Crippen molar-refractivity contribution >= 4 is 36.0 Å². The Hall–Kier alpha value is -0.770. The first kappa shape index (κ1) is 24.5. The van der Waals surface area contributed by atoms with Crippen LogP contribution in [0.2, 0.25) is 0 Å². The fourth-order valence-corrected chi connectivity index (χ4v) is 5.25. The molecule has 3 rings (SSSR count). The summed E-state index contributed by atoms with van der Waals surface area (Å²) in [6, 6.07) is 0.779. The zero-order valence-corrected chi connectivity index (χ0v) is 20.6. The quantitative estimate of drug-likeness (QED) is 0.329. The van der Waals surface area contributed by atoms with Crippen LogP contribution in [0.4, 0.5) is 4.79 Å². The minimum absolute atomic E-state index is 0. The number of hydrogen-bond donors (Lipinski definition) is 2. The molecule has 3 aliphatic rings. The lowest BCUT2D eigenvalue weighted by molar-refractivity contribution is -0.145. The number of methoxy groups -OCH3 is 1. The number of ether oxygens (including phenoxy) is 2. The summed E-state index contributed by atoms with van der Waals surface area (Å²) < 4.78 is 10.9. The predicted molar refractivity (Wildman–Crippen MR) is 126 cm³/mol. The fraction of sp³-hybridized carbons (Fsp3) is 0.905. The van der Waals surface area contributed by atoms with Crippen LogP contribution in [0.25, 0.3) is 0 Å². The van der Waals surface area contributed by atoms with Crippen molar-refractivity contribution < 1.29 is 14.3 Å². The summed E-state index contributed by atoms with van der Waals surface area (Å²) in [4.78, 5) is 18.2. The summed E-state index contributed by atoms with van der Waals surface area (Å²) in [6.07, 6.45) is 9.53. The molecule has 1 aliphatic heterocycles. The Morgan fingerprint density at radius 1 is 1.14 bits per heavy atom. The zero-order chi connectivity index (χ0) is 20.0. The number of likely N-dealkylation sites (tertiary alicyclic amines) is 1. The van der Waals surface area contributed by atoms with E-state index >= 15 is 0 Å². The second-order valence-corrected chi connectivity index (χ2v) is 8.37. The predicted octanol–water partition coefficient (Wildman–Crippen LogP) is 3.52. The van der Waals surface area contributed by atoms with Crippen molar-refractivity contribution in [2.75, 3.05) is 33.4 Å². The van der Waals surface area contributed by atoms with E-state index in [9.17, 15) is 4.79 Å². The molecule has 8 heteroatoms. The SMILES string of the molecule is CCN=C(NC1CCN(C(=O)OC)CC1)NC1CC(OCC)C12CCCCC2.I. The molecule has 2 atom stereocenters. The second-order valence-electron chi connectivity index (χ2n) is 8.37. The van der Waals surface area contributed by atoms with Gasteiger partial charge >= 0.3 is 6.09 Å². The highest BCUT2D eigenvalue weighted by molar-refractivity contribution is 14.0. The van der Waals surface area contributed by atoms with E-state index < -0.39 is 0 Å². The third-order valence-corrected chi connectivity index (χ3v) is 6.83. The molecule has 0 aromatic heterocycles. The molecule has 2 unspecified atom stereocenters. The lowest BCUT2D eigenvalue weighted by Crippen LogP contribution is -2.67. The standard InChI is InChI=1S/C21H38N4O3.HI/c1-4-22-19(23-16-9-13-25(14-10-16)20(26)27-3)24-17-15-18(28-5-2)21(17)11-7-6-8-12-21;/h16-18H,4-15H2,1-3H3,(H2,22,23,24);1H. The van der Waals surface area contributed by atoms with Gasteiger partial charge in [0.25, 0.3) is 0 Å². The van der Waals surface area contributed by atoms with Crippen molar-refractivity contribution in [3.8, 4) is 0 Å². The molecule has 0 aromatic rings. The number of carbonyl (C=O) groups is 1. The van der Waals surface area contributed by atoms with Gasteiger partial charge in [0.05, 0.1) is 13.2 Å². The highest BCUT2D eigenvalue weighted by atomic mass is 127. The van der Waals surface area contributed by atoms with Crippen LogP contribution in [-0.2, 0) is 9.47 Å². The molecule has 0 radical (unpaired) electrons. The molecule has 1 heterocycles. The molecule has 2 saturated carbocycles. The molecule has 7 nitrogen and oxygen atoms in total. The number of rotatable bonds is 5. The van der Waals surface area contributed by atoms with E-state index in [4.69, 9.17) is 14.5 Å². The summed E-state index contributed by atoms with van der Waals surface area (Å²) in [5.74, 6) is 0.920. The molecule has 1 spiro atoms. The number of nitrogens with zero attached hydrogens (tertiary/aromatic N) is 2. The number of nitrogens with one attached hydrogen (secondary N) is 2. The minimum atomic E-state index is -0.227. The first-order chi connectivity index (χ1) is 13.6. The second kappa shape index (κ2) is 11.6. The largest absolute Gasteiger partial charge is 0.453 e. The maximum absolute atomic E-state index is 11.7. The van der Waals surface area contributed by atoms with E-state index in [1.165, 1.54) is 39.2 Å². The van der Waals surface area contributed by atoms with Gasteiger partial charge in [0.1, 0.15) is 0 Å². The first-order valence-corrected chi connectivity index (χ1v) is 11.1. The van der Waals surface area contributed by atoms with Crippen molar-refractivity contribution in [3.63, 3.8) is 0 Å². The smallest absolute Gasteiger partial charge is 0.409 e. The summed E-state index contributed by atoms with van der Waals surface area (Å²) in [5.41, 5.74) is 0.276. The highest BCUT2D eigenvalue weighted by Crippen LogP contribution is 2.53. The first-order valence-electron chi connectivity index (χ1n) is 11.1. The topological polar surface area (TPSA) is 75.2 Å². The van der Waals surface area contributed by atoms with Crippen molar-refractivity contribution in [1.29, 1.82) is 0 Å². The van der Waals surface area contributed by atoms with Gasteiger partial charge in [-0.15, -0.1) is 24.0 Å². The fourth-order valence-electron chi connectivity index (χ4n) is 5.25. The molecule has 2 N–H and O–H groups in total. The Balaban J connectivity index is 0.00000300. The lowest BCUT2D eigenvalue weighted by Gasteiger charge is -2.58. The van der Waals surface area contributed by atoms with E-state index in [2.05, 4.69) is 24.5 Å². The molecular formula is C21H39IN4O3. The van der Waals surface area contributed by atoms with Gasteiger partial charge in [-0.1, -0.05) is 19.3 Å². The van der Waals surface area contributed by atoms with Gasteiger partial charge in [0.15, 0.2) is 5.96 Å². The van der Waals surface area contributed by atoms with Crippen LogP contribution in [0.5, 0.6) is 0 Å². The summed E-state index contributed by atoms with van der Waals surface area (Å²) in [6.45, 7) is 7.18. The van der Waals surface area contributed by atoms with Crippen LogP contribution in [0.15, 0.2) is 4.99 Å². The maximum Gasteiger partial charge on any atom is 0.409 e. The molecule has 1 amide bonds. The van der Waals surface area contributed by atoms with Gasteiger partial charge in [0.2, 0.25) is 0 Å². The van der Waals surface area contributed by atoms with E-state index in [-0.39, 0.29) is 35.5 Å². The van der Waals surface area contributed by atoms with Gasteiger partial charge in [-0.3, -0.25) is 4.99 Å². The number of aliphatic imine (C=N–C) groups is 1. The van der Waals surface area contributed by atoms with Crippen LogP contribution in [0.1, 0.15) is 65.2 Å². The zero-order valence-electron chi connectivity index (χ0n) is 18.2. The Labute approximate surface area is 192 Å². The number of amides is 1. The highest BCUT2D eigenvalue weighted by Gasteiger charge is 2.55. The summed E-state index contributed by atoms with van der Waals surface area (Å²) >= 11 is 0. The molecule has 168 valence electrons. The maximum atomic E-state index is 11.7. The Morgan fingerprint density at radius 3 is 2.41 bits per heavy atom. The minimum Gasteiger partial charge on any atom is -0.453 e. The number of carbonyl (C=O) groups excluding carboxylic acids is 1. The monoisotopic (exact) mass is 522 g/mol. The number of guanidine groups is 1. The van der Waals surface area contributed by atoms with Crippen LogP contribution in [-0.4, -0.2) is 68.5 Å². The van der Waals surface area contributed by atoms with Crippen molar-refractivity contribution in [1.82, 2.24) is 15.5 Å². The van der Waals surface area contributed by atoms with E-state index in [1.807, 2.05) is 0 Å². The third-order valence-electron chi connectivity index (χ3n) is 6.83. The molecule has 3 fully saturated rings. The molecule has 0 aromatic carbocycles. The summed E-state index contributed by atoms with van der Waals surface area (Å²) in [5, 5.41) is 7.37. The molecule has 0 bridgehead atoms. The Kier molecular flexibility index (Phi) is 9.78. The van der Waals surface area contributed by atoms with E-state index in [0.29, 0.717) is 18.2 Å². The molecule has 2 aliphatic carbocycles. The lowest BCUT2D eigenvalue weighted by atomic mass is 9.55. The van der Waals surface area contributed by atoms with Gasteiger partial charge < -0.3 is 25.0 Å². The van der Waals surface area contributed by atoms with Gasteiger partial charge in [0, 0.05) is 43.7 Å². The van der Waals surface area contributed by atoms with Gasteiger partial charge in [-0.25, -0.2) is 4.79 Å². The van der Waals surface area contributed by atoms with Crippen LogP contribution < -0.4 is 10.6 Å². The van der Waals surface area contributed by atoms with Gasteiger partial charge in [-0.2, -0.15) is 0 Å². The third kappa shape index (κ3) is 5.68. The summed E-state index contributed by atoms with van der Waals surface area (Å²) in [7, 11) is 1.44. The van der Waals surface area contributed by atoms with Crippen molar-refractivity contribution in [2.45, 2.75) is 83.4 Å². The van der Waals surface area contributed by atoms with Crippen LogP contribution in [0.3, 0.4) is 0 Å². The van der Waals surface area contributed by atoms with Gasteiger partial charge in [-0.05, 0) is 46.0 Å². The molecular weight excluding hydrogens is 483 g/mol. The van der Waals surface area contributed by atoms with Crippen LogP contribution >= 0.6 is 24.0 Å². The number of piperidine rings is 1. The molecule has 1 saturated heterocycles. The molecule has 29 heavy (non-hydrogen) atoms. The normalized spacial score (nSPS) is 27.0.